The van der Waals surface area contributed by atoms with E-state index in [1.807, 2.05) is 0 Å². The molecule has 0 bridgehead atoms. The quantitative estimate of drug-likeness (QED) is 0.324. The Hall–Kier alpha value is -2.17. The van der Waals surface area contributed by atoms with Gasteiger partial charge in [-0.15, -0.1) is 0 Å². The van der Waals surface area contributed by atoms with Crippen molar-refractivity contribution in [3.8, 4) is 0 Å². The number of aliphatic carboxylic acids is 1. The average molecular weight is 207 g/mol. The van der Waals surface area contributed by atoms with Gasteiger partial charge >= 0.3 is 5.97 Å². The van der Waals surface area contributed by atoms with Crippen LogP contribution in [0.2, 0.25) is 0 Å². The van der Waals surface area contributed by atoms with E-state index in [-0.39, 0.29) is 5.56 Å². The molecular formula is C10H9NO4. The number of hydrogen-bond acceptors (Lipinski definition) is 4. The van der Waals surface area contributed by atoms with Crippen LogP contribution in [0, 0.1) is 0 Å². The molecule has 0 aliphatic carbocycles. The molecule has 0 aliphatic heterocycles. The van der Waals surface area contributed by atoms with Crippen molar-refractivity contribution in [2.24, 2.45) is 0 Å². The average Bonchev–Trinajstić information content (AvgIpc) is 2.17. The Kier molecular flexibility index (Phi) is 3.17. The molecule has 0 heterocycles. The second kappa shape index (κ2) is 4.36. The highest BCUT2D eigenvalue weighted by atomic mass is 16.4. The third-order valence-electron chi connectivity index (χ3n) is 1.77. The van der Waals surface area contributed by atoms with Gasteiger partial charge in [-0.25, -0.2) is 4.79 Å². The normalized spacial score (nSPS) is 9.60. The molecule has 0 atom stereocenters. The Morgan fingerprint density at radius 1 is 1.27 bits per heavy atom. The van der Waals surface area contributed by atoms with Crippen LogP contribution in [-0.4, -0.2) is 22.6 Å². The SMILES string of the molecule is Nc1cccc(C(=O)CC(=O)C(=O)O)c1. The lowest BCUT2D eigenvalue weighted by atomic mass is 10.1. The van der Waals surface area contributed by atoms with Crippen molar-refractivity contribution in [1.82, 2.24) is 0 Å². The van der Waals surface area contributed by atoms with Crippen molar-refractivity contribution < 1.29 is 19.5 Å². The van der Waals surface area contributed by atoms with Gasteiger partial charge in [0.05, 0.1) is 6.42 Å². The van der Waals surface area contributed by atoms with Crippen molar-refractivity contribution in [3.05, 3.63) is 29.8 Å². The number of carbonyl (C=O) groups is 3. The van der Waals surface area contributed by atoms with E-state index in [1.165, 1.54) is 12.1 Å². The van der Waals surface area contributed by atoms with Gasteiger partial charge in [0.25, 0.3) is 0 Å². The number of carboxylic acid groups (broad SMARTS) is 1. The molecule has 3 N–H and O–H groups in total. The molecule has 5 nitrogen and oxygen atoms in total. The van der Waals surface area contributed by atoms with Crippen LogP contribution in [0.15, 0.2) is 24.3 Å². The first-order valence-electron chi connectivity index (χ1n) is 4.15. The molecule has 0 aliphatic rings. The van der Waals surface area contributed by atoms with Crippen LogP contribution < -0.4 is 5.73 Å². The molecule has 78 valence electrons. The van der Waals surface area contributed by atoms with E-state index in [4.69, 9.17) is 10.8 Å². The first-order chi connectivity index (χ1) is 7.00. The summed E-state index contributed by atoms with van der Waals surface area (Å²) in [5.41, 5.74) is 6.07. The zero-order valence-corrected chi connectivity index (χ0v) is 7.77. The summed E-state index contributed by atoms with van der Waals surface area (Å²) in [6.07, 6.45) is -0.640. The Morgan fingerprint density at radius 3 is 2.47 bits per heavy atom. The number of benzene rings is 1. The molecule has 1 aromatic rings. The first kappa shape index (κ1) is 10.9. The minimum absolute atomic E-state index is 0.240. The Morgan fingerprint density at radius 2 is 1.93 bits per heavy atom. The summed E-state index contributed by atoms with van der Waals surface area (Å²) in [6.45, 7) is 0. The summed E-state index contributed by atoms with van der Waals surface area (Å²) in [7, 11) is 0. The van der Waals surface area contributed by atoms with E-state index in [1.54, 1.807) is 12.1 Å². The fourth-order valence-corrected chi connectivity index (χ4v) is 1.04. The third kappa shape index (κ3) is 2.91. The van der Waals surface area contributed by atoms with E-state index < -0.39 is 24.0 Å². The lowest BCUT2D eigenvalue weighted by Gasteiger charge is -1.99. The summed E-state index contributed by atoms with van der Waals surface area (Å²) in [5, 5.41) is 8.31. The van der Waals surface area contributed by atoms with E-state index >= 15 is 0 Å². The first-order valence-corrected chi connectivity index (χ1v) is 4.15. The summed E-state index contributed by atoms with van der Waals surface area (Å²) in [5.74, 6) is -3.27. The third-order valence-corrected chi connectivity index (χ3v) is 1.77. The Bertz CT molecular complexity index is 425. The number of anilines is 1. The lowest BCUT2D eigenvalue weighted by Crippen LogP contribution is -2.17. The second-order valence-corrected chi connectivity index (χ2v) is 2.95. The standard InChI is InChI=1S/C10H9NO4/c11-7-3-1-2-6(4-7)8(12)5-9(13)10(14)15/h1-4H,5,11H2,(H,14,15). The molecule has 0 radical (unpaired) electrons. The highest BCUT2D eigenvalue weighted by Gasteiger charge is 2.17. The van der Waals surface area contributed by atoms with Crippen molar-refractivity contribution in [1.29, 1.82) is 0 Å². The van der Waals surface area contributed by atoms with Crippen molar-refractivity contribution >= 4 is 23.2 Å². The number of carbonyl (C=O) groups excluding carboxylic acids is 2. The number of ketones is 2. The minimum atomic E-state index is -1.60. The van der Waals surface area contributed by atoms with Gasteiger partial charge in [-0.05, 0) is 12.1 Å². The highest BCUT2D eigenvalue weighted by Crippen LogP contribution is 2.09. The van der Waals surface area contributed by atoms with Crippen LogP contribution >= 0.6 is 0 Å². The van der Waals surface area contributed by atoms with E-state index in [9.17, 15) is 14.4 Å². The van der Waals surface area contributed by atoms with Crippen molar-refractivity contribution in [2.75, 3.05) is 5.73 Å². The zero-order chi connectivity index (χ0) is 11.4. The fourth-order valence-electron chi connectivity index (χ4n) is 1.04. The fraction of sp³-hybridized carbons (Fsp3) is 0.100. The van der Waals surface area contributed by atoms with Crippen LogP contribution in [0.5, 0.6) is 0 Å². The van der Waals surface area contributed by atoms with Crippen LogP contribution in [0.3, 0.4) is 0 Å². The number of carboxylic acids is 1. The van der Waals surface area contributed by atoms with Gasteiger partial charge < -0.3 is 10.8 Å². The zero-order valence-electron chi connectivity index (χ0n) is 7.77. The molecule has 0 aromatic heterocycles. The molecular weight excluding hydrogens is 198 g/mol. The number of hydrogen-bond donors (Lipinski definition) is 2. The largest absolute Gasteiger partial charge is 0.475 e. The summed E-state index contributed by atoms with van der Waals surface area (Å²) in [6, 6.07) is 6.04. The van der Waals surface area contributed by atoms with Crippen molar-refractivity contribution in [3.63, 3.8) is 0 Å². The predicted molar refractivity (Wildman–Crippen MR) is 52.4 cm³/mol. The van der Waals surface area contributed by atoms with Gasteiger partial charge in [0.15, 0.2) is 5.78 Å². The van der Waals surface area contributed by atoms with Gasteiger partial charge in [-0.3, -0.25) is 9.59 Å². The van der Waals surface area contributed by atoms with Gasteiger partial charge in [0.1, 0.15) is 0 Å². The van der Waals surface area contributed by atoms with Crippen LogP contribution in [0.1, 0.15) is 16.8 Å². The number of rotatable bonds is 4. The molecule has 0 spiro atoms. The number of Topliss-reactive ketones (excluding diaryl/α,β-unsaturated/α-hetero) is 2. The summed E-state index contributed by atoms with van der Waals surface area (Å²) < 4.78 is 0. The predicted octanol–water partition coefficient (Wildman–Crippen LogP) is 0.495. The molecule has 0 saturated heterocycles. The molecule has 0 amide bonds. The highest BCUT2D eigenvalue weighted by molar-refractivity contribution is 6.37. The summed E-state index contributed by atoms with van der Waals surface area (Å²) >= 11 is 0. The van der Waals surface area contributed by atoms with Gasteiger partial charge in [-0.1, -0.05) is 12.1 Å². The van der Waals surface area contributed by atoms with Gasteiger partial charge in [-0.2, -0.15) is 0 Å². The van der Waals surface area contributed by atoms with Gasteiger partial charge in [0.2, 0.25) is 5.78 Å². The van der Waals surface area contributed by atoms with Crippen LogP contribution in [-0.2, 0) is 9.59 Å². The molecule has 5 heteroatoms. The van der Waals surface area contributed by atoms with Crippen molar-refractivity contribution in [2.45, 2.75) is 6.42 Å². The number of nitrogens with two attached hydrogens (primary N) is 1. The smallest absolute Gasteiger partial charge is 0.372 e. The van der Waals surface area contributed by atoms with E-state index in [0.29, 0.717) is 5.69 Å². The van der Waals surface area contributed by atoms with E-state index in [2.05, 4.69) is 0 Å². The van der Waals surface area contributed by atoms with Crippen LogP contribution in [0.4, 0.5) is 5.69 Å². The molecule has 1 rings (SSSR count). The molecule has 1 aromatic carbocycles. The summed E-state index contributed by atoms with van der Waals surface area (Å²) in [4.78, 5) is 32.3. The maximum Gasteiger partial charge on any atom is 0.372 e. The molecule has 0 saturated carbocycles. The lowest BCUT2D eigenvalue weighted by molar-refractivity contribution is -0.148. The monoisotopic (exact) mass is 207 g/mol. The molecule has 0 unspecified atom stereocenters. The molecule has 0 fully saturated rings. The maximum absolute atomic E-state index is 11.4. The second-order valence-electron chi connectivity index (χ2n) is 2.95. The van der Waals surface area contributed by atoms with Gasteiger partial charge in [0, 0.05) is 11.3 Å². The Balaban J connectivity index is 2.78. The van der Waals surface area contributed by atoms with E-state index in [0.717, 1.165) is 0 Å². The maximum atomic E-state index is 11.4. The minimum Gasteiger partial charge on any atom is -0.475 e. The van der Waals surface area contributed by atoms with Crippen LogP contribution in [0.25, 0.3) is 0 Å². The topological polar surface area (TPSA) is 97.5 Å². The number of nitrogen functional groups attached to an aromatic ring is 1. The Labute approximate surface area is 85.5 Å². The molecule has 15 heavy (non-hydrogen) atoms.